The van der Waals surface area contributed by atoms with Gasteiger partial charge in [0.1, 0.15) is 5.75 Å². The predicted molar refractivity (Wildman–Crippen MR) is 102 cm³/mol. The van der Waals surface area contributed by atoms with Gasteiger partial charge in [-0.1, -0.05) is 29.8 Å². The van der Waals surface area contributed by atoms with Crippen LogP contribution in [-0.4, -0.2) is 18.3 Å². The van der Waals surface area contributed by atoms with Crippen LogP contribution in [0.15, 0.2) is 48.5 Å². The van der Waals surface area contributed by atoms with Crippen LogP contribution in [0.2, 0.25) is 5.02 Å². The Morgan fingerprint density at radius 3 is 2.61 bits per heavy atom. The summed E-state index contributed by atoms with van der Waals surface area (Å²) in [6.07, 6.45) is 1.93. The maximum Gasteiger partial charge on any atom is 0.170 e. The number of benzene rings is 2. The van der Waals surface area contributed by atoms with E-state index in [1.165, 1.54) is 5.56 Å². The van der Waals surface area contributed by atoms with Crippen molar-refractivity contribution in [2.75, 3.05) is 18.5 Å². The SMILES string of the molecule is CCOc1ccccc1CCCNC(=S)Nc1ccc(Cl)cc1. The lowest BCUT2D eigenvalue weighted by Crippen LogP contribution is -2.29. The lowest BCUT2D eigenvalue weighted by molar-refractivity contribution is 0.336. The topological polar surface area (TPSA) is 33.3 Å². The largest absolute Gasteiger partial charge is 0.494 e. The second-order valence-corrected chi connectivity index (χ2v) is 5.88. The van der Waals surface area contributed by atoms with Crippen molar-refractivity contribution < 1.29 is 4.74 Å². The Kier molecular flexibility index (Phi) is 7.17. The molecule has 2 rings (SSSR count). The molecule has 0 bridgehead atoms. The molecule has 5 heteroatoms. The van der Waals surface area contributed by atoms with E-state index < -0.39 is 0 Å². The average molecular weight is 349 g/mol. The Bertz CT molecular complexity index is 631. The monoisotopic (exact) mass is 348 g/mol. The standard InChI is InChI=1S/C18H21ClN2OS/c1-2-22-17-8-4-3-6-14(17)7-5-13-20-18(23)21-16-11-9-15(19)10-12-16/h3-4,6,8-12H,2,5,7,13H2,1H3,(H2,20,21,23). The fourth-order valence-corrected chi connectivity index (χ4v) is 2.54. The summed E-state index contributed by atoms with van der Waals surface area (Å²) in [6, 6.07) is 15.6. The summed E-state index contributed by atoms with van der Waals surface area (Å²) in [6.45, 7) is 3.49. The van der Waals surface area contributed by atoms with Gasteiger partial charge in [-0.05, 0) is 67.9 Å². The molecule has 0 spiro atoms. The summed E-state index contributed by atoms with van der Waals surface area (Å²) < 4.78 is 5.63. The molecule has 122 valence electrons. The number of halogens is 1. The van der Waals surface area contributed by atoms with Crippen LogP contribution in [0.4, 0.5) is 5.69 Å². The van der Waals surface area contributed by atoms with E-state index in [-0.39, 0.29) is 0 Å². The van der Waals surface area contributed by atoms with Gasteiger partial charge in [0.15, 0.2) is 5.11 Å². The number of hydrogen-bond acceptors (Lipinski definition) is 2. The third-order valence-electron chi connectivity index (χ3n) is 3.28. The number of rotatable bonds is 7. The minimum atomic E-state index is 0.616. The van der Waals surface area contributed by atoms with Crippen molar-refractivity contribution in [2.45, 2.75) is 19.8 Å². The summed E-state index contributed by atoms with van der Waals surface area (Å²) in [4.78, 5) is 0. The number of ether oxygens (including phenoxy) is 1. The molecule has 0 saturated carbocycles. The summed E-state index contributed by atoms with van der Waals surface area (Å²) in [7, 11) is 0. The molecule has 0 aliphatic heterocycles. The zero-order valence-electron chi connectivity index (χ0n) is 13.1. The quantitative estimate of drug-likeness (QED) is 0.563. The number of para-hydroxylation sites is 1. The molecule has 0 fully saturated rings. The zero-order chi connectivity index (χ0) is 16.5. The molecule has 3 nitrogen and oxygen atoms in total. The van der Waals surface area contributed by atoms with E-state index in [1.807, 2.05) is 49.4 Å². The third-order valence-corrected chi connectivity index (χ3v) is 3.78. The van der Waals surface area contributed by atoms with Crippen molar-refractivity contribution in [3.8, 4) is 5.75 Å². The molecule has 0 saturated heterocycles. The highest BCUT2D eigenvalue weighted by Gasteiger charge is 2.02. The molecular formula is C18H21ClN2OS. The van der Waals surface area contributed by atoms with E-state index in [4.69, 9.17) is 28.6 Å². The fourth-order valence-electron chi connectivity index (χ4n) is 2.20. The number of aryl methyl sites for hydroxylation is 1. The van der Waals surface area contributed by atoms with Gasteiger partial charge in [0.25, 0.3) is 0 Å². The number of hydrogen-bond donors (Lipinski definition) is 2. The average Bonchev–Trinajstić information content (AvgIpc) is 2.55. The molecule has 2 aromatic carbocycles. The Balaban J connectivity index is 1.73. The van der Waals surface area contributed by atoms with Gasteiger partial charge in [0.2, 0.25) is 0 Å². The van der Waals surface area contributed by atoms with Crippen LogP contribution in [0.3, 0.4) is 0 Å². The molecule has 0 unspecified atom stereocenters. The lowest BCUT2D eigenvalue weighted by atomic mass is 10.1. The van der Waals surface area contributed by atoms with Gasteiger partial charge in [0.05, 0.1) is 6.61 Å². The van der Waals surface area contributed by atoms with Gasteiger partial charge in [0, 0.05) is 17.3 Å². The molecule has 0 aliphatic rings. The van der Waals surface area contributed by atoms with Gasteiger partial charge in [-0.3, -0.25) is 0 Å². The first-order valence-electron chi connectivity index (χ1n) is 7.70. The number of nitrogens with one attached hydrogen (secondary N) is 2. The van der Waals surface area contributed by atoms with Crippen LogP contribution in [-0.2, 0) is 6.42 Å². The van der Waals surface area contributed by atoms with E-state index in [2.05, 4.69) is 16.7 Å². The van der Waals surface area contributed by atoms with Crippen molar-refractivity contribution in [2.24, 2.45) is 0 Å². The Labute approximate surface area is 148 Å². The highest BCUT2D eigenvalue weighted by atomic mass is 35.5. The van der Waals surface area contributed by atoms with E-state index in [9.17, 15) is 0 Å². The summed E-state index contributed by atoms with van der Waals surface area (Å²) >= 11 is 11.1. The summed E-state index contributed by atoms with van der Waals surface area (Å²) in [5.74, 6) is 0.969. The molecule has 0 amide bonds. The lowest BCUT2D eigenvalue weighted by Gasteiger charge is -2.12. The maximum absolute atomic E-state index is 5.86. The molecule has 0 atom stereocenters. The Morgan fingerprint density at radius 1 is 1.13 bits per heavy atom. The number of thiocarbonyl (C=S) groups is 1. The first kappa shape index (κ1) is 17.6. The van der Waals surface area contributed by atoms with Crippen LogP contribution >= 0.6 is 23.8 Å². The second-order valence-electron chi connectivity index (χ2n) is 5.03. The van der Waals surface area contributed by atoms with Gasteiger partial charge in [-0.25, -0.2) is 0 Å². The summed E-state index contributed by atoms with van der Waals surface area (Å²) in [5, 5.41) is 7.68. The highest BCUT2D eigenvalue weighted by molar-refractivity contribution is 7.80. The van der Waals surface area contributed by atoms with Crippen molar-refractivity contribution in [1.29, 1.82) is 0 Å². The first-order valence-corrected chi connectivity index (χ1v) is 8.49. The highest BCUT2D eigenvalue weighted by Crippen LogP contribution is 2.19. The van der Waals surface area contributed by atoms with Crippen LogP contribution in [0.5, 0.6) is 5.75 Å². The van der Waals surface area contributed by atoms with Crippen LogP contribution in [0.25, 0.3) is 0 Å². The second kappa shape index (κ2) is 9.38. The molecule has 0 radical (unpaired) electrons. The number of anilines is 1. The zero-order valence-corrected chi connectivity index (χ0v) is 14.7. The van der Waals surface area contributed by atoms with Crippen LogP contribution in [0, 0.1) is 0 Å². The summed E-state index contributed by atoms with van der Waals surface area (Å²) in [5.41, 5.74) is 2.15. The third kappa shape index (κ3) is 6.08. The molecule has 0 aromatic heterocycles. The van der Waals surface area contributed by atoms with Crippen LogP contribution < -0.4 is 15.4 Å². The molecule has 23 heavy (non-hydrogen) atoms. The van der Waals surface area contributed by atoms with E-state index in [0.717, 1.165) is 30.8 Å². The van der Waals surface area contributed by atoms with Gasteiger partial charge < -0.3 is 15.4 Å². The smallest absolute Gasteiger partial charge is 0.170 e. The molecule has 0 aliphatic carbocycles. The van der Waals surface area contributed by atoms with Crippen LogP contribution in [0.1, 0.15) is 18.9 Å². The molecule has 2 N–H and O–H groups in total. The van der Waals surface area contributed by atoms with E-state index >= 15 is 0 Å². The van der Waals surface area contributed by atoms with Crippen molar-refractivity contribution in [3.63, 3.8) is 0 Å². The first-order chi connectivity index (χ1) is 11.2. The Hall–Kier alpha value is -1.78. The normalized spacial score (nSPS) is 10.2. The predicted octanol–water partition coefficient (Wildman–Crippen LogP) is 4.66. The van der Waals surface area contributed by atoms with Gasteiger partial charge >= 0.3 is 0 Å². The van der Waals surface area contributed by atoms with Crippen molar-refractivity contribution in [1.82, 2.24) is 5.32 Å². The van der Waals surface area contributed by atoms with E-state index in [0.29, 0.717) is 16.7 Å². The molecule has 0 heterocycles. The minimum Gasteiger partial charge on any atom is -0.494 e. The van der Waals surface area contributed by atoms with Gasteiger partial charge in [-0.2, -0.15) is 0 Å². The van der Waals surface area contributed by atoms with E-state index in [1.54, 1.807) is 0 Å². The fraction of sp³-hybridized carbons (Fsp3) is 0.278. The van der Waals surface area contributed by atoms with Crippen molar-refractivity contribution >= 4 is 34.6 Å². The van der Waals surface area contributed by atoms with Crippen molar-refractivity contribution in [3.05, 3.63) is 59.1 Å². The Morgan fingerprint density at radius 2 is 1.87 bits per heavy atom. The maximum atomic E-state index is 5.86. The molecular weight excluding hydrogens is 328 g/mol. The van der Waals surface area contributed by atoms with Gasteiger partial charge in [-0.15, -0.1) is 0 Å². The minimum absolute atomic E-state index is 0.616. The molecule has 2 aromatic rings.